The van der Waals surface area contributed by atoms with Crippen molar-refractivity contribution in [3.63, 3.8) is 0 Å². The zero-order valence-electron chi connectivity index (χ0n) is 10.8. The Labute approximate surface area is 108 Å². The van der Waals surface area contributed by atoms with Crippen molar-refractivity contribution in [2.75, 3.05) is 17.8 Å². The van der Waals surface area contributed by atoms with E-state index in [1.807, 2.05) is 6.07 Å². The summed E-state index contributed by atoms with van der Waals surface area (Å²) in [6.07, 6.45) is 0. The zero-order chi connectivity index (χ0) is 13.8. The molecule has 18 heavy (non-hydrogen) atoms. The molecule has 0 atom stereocenters. The Kier molecular flexibility index (Phi) is 4.70. The Bertz CT molecular complexity index is 557. The quantitative estimate of drug-likeness (QED) is 0.885. The molecule has 1 rings (SSSR count). The summed E-state index contributed by atoms with van der Waals surface area (Å²) in [5.74, 6) is 0. The van der Waals surface area contributed by atoms with Gasteiger partial charge < -0.3 is 0 Å². The van der Waals surface area contributed by atoms with E-state index in [4.69, 9.17) is 5.26 Å². The molecule has 0 heterocycles. The monoisotopic (exact) mass is 267 g/mol. The van der Waals surface area contributed by atoms with Crippen LogP contribution in [0.4, 0.5) is 5.69 Å². The van der Waals surface area contributed by atoms with Crippen LogP contribution >= 0.6 is 0 Å². The molecule has 1 N–H and O–H groups in total. The SMILES string of the molecule is CCN(CC)S(=O)(=O)Nc1cc(C#N)ccc1C. The molecule has 0 aliphatic carbocycles. The van der Waals surface area contributed by atoms with E-state index in [0.717, 1.165) is 5.56 Å². The predicted molar refractivity (Wildman–Crippen MR) is 71.4 cm³/mol. The van der Waals surface area contributed by atoms with Crippen LogP contribution in [0, 0.1) is 18.3 Å². The first-order valence-electron chi connectivity index (χ1n) is 5.73. The van der Waals surface area contributed by atoms with E-state index in [2.05, 4.69) is 4.72 Å². The summed E-state index contributed by atoms with van der Waals surface area (Å²) < 4.78 is 27.9. The Morgan fingerprint density at radius 2 is 1.94 bits per heavy atom. The van der Waals surface area contributed by atoms with Crippen molar-refractivity contribution in [2.45, 2.75) is 20.8 Å². The summed E-state index contributed by atoms with van der Waals surface area (Å²) in [5, 5.41) is 8.82. The lowest BCUT2D eigenvalue weighted by molar-refractivity contribution is 0.449. The molecule has 0 unspecified atom stereocenters. The Morgan fingerprint density at radius 1 is 1.33 bits per heavy atom. The number of hydrogen-bond donors (Lipinski definition) is 1. The fraction of sp³-hybridized carbons (Fsp3) is 0.417. The number of hydrogen-bond acceptors (Lipinski definition) is 3. The van der Waals surface area contributed by atoms with Gasteiger partial charge in [0, 0.05) is 13.1 Å². The van der Waals surface area contributed by atoms with E-state index in [9.17, 15) is 8.42 Å². The molecule has 0 aromatic heterocycles. The van der Waals surface area contributed by atoms with E-state index in [1.165, 1.54) is 10.4 Å². The molecule has 6 heteroatoms. The molecule has 0 aliphatic heterocycles. The first kappa shape index (κ1) is 14.5. The lowest BCUT2D eigenvalue weighted by Gasteiger charge is -2.20. The minimum absolute atomic E-state index is 0.406. The van der Waals surface area contributed by atoms with Gasteiger partial charge in [0.25, 0.3) is 0 Å². The molecular formula is C12H17N3O2S. The van der Waals surface area contributed by atoms with Crippen LogP contribution in [0.5, 0.6) is 0 Å². The molecule has 5 nitrogen and oxygen atoms in total. The third-order valence-electron chi connectivity index (χ3n) is 2.65. The highest BCUT2D eigenvalue weighted by Crippen LogP contribution is 2.18. The maximum atomic E-state index is 12.0. The third-order valence-corrected chi connectivity index (χ3v) is 4.33. The maximum Gasteiger partial charge on any atom is 0.301 e. The normalized spacial score (nSPS) is 11.3. The van der Waals surface area contributed by atoms with Crippen molar-refractivity contribution in [1.29, 1.82) is 5.26 Å². The van der Waals surface area contributed by atoms with Gasteiger partial charge >= 0.3 is 10.2 Å². The van der Waals surface area contributed by atoms with Gasteiger partial charge in [0.05, 0.1) is 17.3 Å². The average Bonchev–Trinajstić information content (AvgIpc) is 2.33. The van der Waals surface area contributed by atoms with Crippen LogP contribution in [-0.4, -0.2) is 25.8 Å². The molecule has 0 amide bonds. The smallest absolute Gasteiger partial charge is 0.271 e. The van der Waals surface area contributed by atoms with Crippen LogP contribution in [0.25, 0.3) is 0 Å². The van der Waals surface area contributed by atoms with Gasteiger partial charge in [0.2, 0.25) is 0 Å². The number of nitrogens with zero attached hydrogens (tertiary/aromatic N) is 2. The second-order valence-electron chi connectivity index (χ2n) is 3.83. The molecule has 0 saturated carbocycles. The lowest BCUT2D eigenvalue weighted by Crippen LogP contribution is -2.35. The summed E-state index contributed by atoms with van der Waals surface area (Å²) in [6, 6.07) is 6.91. The Hall–Kier alpha value is -1.58. The van der Waals surface area contributed by atoms with Crippen LogP contribution in [0.2, 0.25) is 0 Å². The number of benzene rings is 1. The number of nitrogens with one attached hydrogen (secondary N) is 1. The first-order chi connectivity index (χ1) is 8.44. The third kappa shape index (κ3) is 3.22. The summed E-state index contributed by atoms with van der Waals surface area (Å²) in [7, 11) is -3.55. The molecule has 0 saturated heterocycles. The molecule has 0 spiro atoms. The van der Waals surface area contributed by atoms with Crippen molar-refractivity contribution < 1.29 is 8.42 Å². The van der Waals surface area contributed by atoms with E-state index in [-0.39, 0.29) is 0 Å². The molecule has 1 aromatic rings. The number of aryl methyl sites for hydroxylation is 1. The van der Waals surface area contributed by atoms with Crippen LogP contribution in [0.1, 0.15) is 25.0 Å². The number of rotatable bonds is 5. The summed E-state index contributed by atoms with van der Waals surface area (Å²) in [6.45, 7) is 6.16. The van der Waals surface area contributed by atoms with Crippen LogP contribution < -0.4 is 4.72 Å². The zero-order valence-corrected chi connectivity index (χ0v) is 11.6. The highest BCUT2D eigenvalue weighted by Gasteiger charge is 2.19. The fourth-order valence-corrected chi connectivity index (χ4v) is 2.88. The molecule has 0 radical (unpaired) electrons. The van der Waals surface area contributed by atoms with Gasteiger partial charge in [-0.2, -0.15) is 18.0 Å². The van der Waals surface area contributed by atoms with Crippen LogP contribution in [0.15, 0.2) is 18.2 Å². The average molecular weight is 267 g/mol. The van der Waals surface area contributed by atoms with E-state index in [1.54, 1.807) is 32.9 Å². The Morgan fingerprint density at radius 3 is 2.44 bits per heavy atom. The van der Waals surface area contributed by atoms with E-state index >= 15 is 0 Å². The highest BCUT2D eigenvalue weighted by atomic mass is 32.2. The standard InChI is InChI=1S/C12H17N3O2S/c1-4-15(5-2)18(16,17)14-12-8-11(9-13)7-6-10(12)3/h6-8,14H,4-5H2,1-3H3. The molecule has 1 aromatic carbocycles. The largest absolute Gasteiger partial charge is 0.301 e. The van der Waals surface area contributed by atoms with E-state index in [0.29, 0.717) is 24.3 Å². The van der Waals surface area contributed by atoms with Crippen molar-refractivity contribution in [2.24, 2.45) is 0 Å². The minimum atomic E-state index is -3.55. The van der Waals surface area contributed by atoms with Gasteiger partial charge in [0.1, 0.15) is 0 Å². The topological polar surface area (TPSA) is 73.2 Å². The number of nitriles is 1. The minimum Gasteiger partial charge on any atom is -0.271 e. The summed E-state index contributed by atoms with van der Waals surface area (Å²) in [5.41, 5.74) is 1.66. The predicted octanol–water partition coefficient (Wildman–Crippen LogP) is 1.87. The molecule has 0 bridgehead atoms. The van der Waals surface area contributed by atoms with Gasteiger partial charge in [-0.15, -0.1) is 0 Å². The summed E-state index contributed by atoms with van der Waals surface area (Å²) in [4.78, 5) is 0. The van der Waals surface area contributed by atoms with Gasteiger partial charge in [-0.25, -0.2) is 0 Å². The molecule has 98 valence electrons. The van der Waals surface area contributed by atoms with Crippen LogP contribution in [0.3, 0.4) is 0 Å². The van der Waals surface area contributed by atoms with Gasteiger partial charge in [-0.05, 0) is 24.6 Å². The van der Waals surface area contributed by atoms with Gasteiger partial charge in [-0.1, -0.05) is 19.9 Å². The second kappa shape index (κ2) is 5.85. The molecular weight excluding hydrogens is 250 g/mol. The Balaban J connectivity index is 3.08. The fourth-order valence-electron chi connectivity index (χ4n) is 1.57. The van der Waals surface area contributed by atoms with Crippen molar-refractivity contribution in [1.82, 2.24) is 4.31 Å². The van der Waals surface area contributed by atoms with Gasteiger partial charge in [-0.3, -0.25) is 4.72 Å². The van der Waals surface area contributed by atoms with Gasteiger partial charge in [0.15, 0.2) is 0 Å². The van der Waals surface area contributed by atoms with Crippen molar-refractivity contribution in [3.05, 3.63) is 29.3 Å². The lowest BCUT2D eigenvalue weighted by atomic mass is 10.1. The first-order valence-corrected chi connectivity index (χ1v) is 7.17. The molecule has 0 aliphatic rings. The maximum absolute atomic E-state index is 12.0. The number of anilines is 1. The molecule has 0 fully saturated rings. The van der Waals surface area contributed by atoms with Crippen molar-refractivity contribution in [3.8, 4) is 6.07 Å². The second-order valence-corrected chi connectivity index (χ2v) is 5.50. The van der Waals surface area contributed by atoms with E-state index < -0.39 is 10.2 Å². The van der Waals surface area contributed by atoms with Crippen LogP contribution in [-0.2, 0) is 10.2 Å². The highest BCUT2D eigenvalue weighted by molar-refractivity contribution is 7.90. The summed E-state index contributed by atoms with van der Waals surface area (Å²) >= 11 is 0. The van der Waals surface area contributed by atoms with Crippen molar-refractivity contribution >= 4 is 15.9 Å².